The molecule has 2 rings (SSSR count). The van der Waals surface area contributed by atoms with Crippen molar-refractivity contribution in [2.24, 2.45) is 5.73 Å². The van der Waals surface area contributed by atoms with Gasteiger partial charge >= 0.3 is 5.97 Å². The summed E-state index contributed by atoms with van der Waals surface area (Å²) in [6.07, 6.45) is 2.92. The van der Waals surface area contributed by atoms with E-state index in [9.17, 15) is 4.79 Å². The molecule has 0 saturated carbocycles. The number of aromatic nitrogens is 4. The van der Waals surface area contributed by atoms with Crippen LogP contribution < -0.4 is 11.5 Å². The average Bonchev–Trinajstić information content (AvgIpc) is 2.68. The molecule has 1 unspecified atom stereocenters. The van der Waals surface area contributed by atoms with Crippen LogP contribution in [0.1, 0.15) is 6.92 Å². The summed E-state index contributed by atoms with van der Waals surface area (Å²) in [5.74, 6) is -0.530. The van der Waals surface area contributed by atoms with Crippen molar-refractivity contribution < 1.29 is 9.90 Å². The fourth-order valence-corrected chi connectivity index (χ4v) is 0.784. The number of aliphatic carboxylic acids is 1. The van der Waals surface area contributed by atoms with Crippen molar-refractivity contribution in [2.75, 3.05) is 5.73 Å². The van der Waals surface area contributed by atoms with E-state index in [-0.39, 0.29) is 0 Å². The second-order valence-electron chi connectivity index (χ2n) is 2.99. The first kappa shape index (κ1) is 11.9. The van der Waals surface area contributed by atoms with Crippen LogP contribution in [-0.4, -0.2) is 37.1 Å². The molecule has 0 spiro atoms. The molecule has 2 aromatic rings. The number of carbonyl (C=O) groups is 1. The Labute approximate surface area is 90.7 Å². The lowest BCUT2D eigenvalue weighted by Crippen LogP contribution is -2.25. The lowest BCUT2D eigenvalue weighted by Gasteiger charge is -1.90. The van der Waals surface area contributed by atoms with Crippen molar-refractivity contribution in [3.05, 3.63) is 12.7 Å². The SMILES string of the molecule is CC(N)C(=O)O.Nc1ncnc2nc[nH]c12. The molecule has 6 N–H and O–H groups in total. The number of nitrogens with zero attached hydrogens (tertiary/aromatic N) is 3. The van der Waals surface area contributed by atoms with Crippen molar-refractivity contribution >= 4 is 23.0 Å². The molecule has 0 aliphatic heterocycles. The van der Waals surface area contributed by atoms with E-state index in [0.717, 1.165) is 0 Å². The summed E-state index contributed by atoms with van der Waals surface area (Å²) >= 11 is 0. The number of aromatic amines is 1. The molecule has 0 aliphatic carbocycles. The minimum Gasteiger partial charge on any atom is -0.480 e. The number of imidazole rings is 1. The number of hydrogen-bond donors (Lipinski definition) is 4. The Kier molecular flexibility index (Phi) is 3.72. The number of anilines is 1. The van der Waals surface area contributed by atoms with Gasteiger partial charge in [-0.15, -0.1) is 0 Å². The molecule has 0 bridgehead atoms. The quantitative estimate of drug-likeness (QED) is 0.503. The first-order chi connectivity index (χ1) is 7.52. The zero-order chi connectivity index (χ0) is 12.1. The third-order valence-corrected chi connectivity index (χ3v) is 1.64. The Hall–Kier alpha value is -2.22. The zero-order valence-electron chi connectivity index (χ0n) is 8.58. The lowest BCUT2D eigenvalue weighted by molar-refractivity contribution is -0.138. The van der Waals surface area contributed by atoms with Gasteiger partial charge in [-0.2, -0.15) is 0 Å². The number of carboxylic acids is 1. The van der Waals surface area contributed by atoms with Crippen molar-refractivity contribution in [2.45, 2.75) is 13.0 Å². The Morgan fingerprint density at radius 3 is 2.62 bits per heavy atom. The van der Waals surface area contributed by atoms with Crippen LogP contribution in [0.5, 0.6) is 0 Å². The molecule has 0 amide bonds. The molecule has 1 atom stereocenters. The number of rotatable bonds is 1. The number of H-pyrrole nitrogens is 1. The van der Waals surface area contributed by atoms with Crippen molar-refractivity contribution in [3.8, 4) is 0 Å². The predicted octanol–water partition coefficient (Wildman–Crippen LogP) is -0.647. The molecule has 2 aromatic heterocycles. The van der Waals surface area contributed by atoms with E-state index in [0.29, 0.717) is 17.0 Å². The van der Waals surface area contributed by atoms with Gasteiger partial charge in [-0.3, -0.25) is 4.79 Å². The third-order valence-electron chi connectivity index (χ3n) is 1.64. The number of carboxylic acid groups (broad SMARTS) is 1. The first-order valence-electron chi connectivity index (χ1n) is 4.40. The molecule has 8 nitrogen and oxygen atoms in total. The van der Waals surface area contributed by atoms with Crippen LogP contribution in [0.2, 0.25) is 0 Å². The van der Waals surface area contributed by atoms with Gasteiger partial charge in [0.1, 0.15) is 17.9 Å². The molecule has 0 aromatic carbocycles. The highest BCUT2D eigenvalue weighted by Gasteiger charge is 1.99. The molecule has 0 aliphatic rings. The van der Waals surface area contributed by atoms with Gasteiger partial charge in [-0.1, -0.05) is 0 Å². The fourth-order valence-electron chi connectivity index (χ4n) is 0.784. The zero-order valence-corrected chi connectivity index (χ0v) is 8.58. The third kappa shape index (κ3) is 2.89. The topological polar surface area (TPSA) is 144 Å². The standard InChI is InChI=1S/C5H5N5.C3H7NO2/c6-4-3-5(9-1-7-3)10-2-8-4;1-2(4)3(5)6/h1-2H,(H3,6,7,8,9,10);2H,4H2,1H3,(H,5,6). The lowest BCUT2D eigenvalue weighted by atomic mass is 10.4. The molecule has 2 heterocycles. The Balaban J connectivity index is 0.000000187. The number of hydrogen-bond acceptors (Lipinski definition) is 6. The molecule has 8 heteroatoms. The first-order valence-corrected chi connectivity index (χ1v) is 4.40. The van der Waals surface area contributed by atoms with Gasteiger partial charge in [-0.25, -0.2) is 15.0 Å². The Morgan fingerprint density at radius 1 is 1.50 bits per heavy atom. The van der Waals surface area contributed by atoms with E-state index < -0.39 is 12.0 Å². The van der Waals surface area contributed by atoms with Gasteiger partial charge < -0.3 is 21.6 Å². The largest absolute Gasteiger partial charge is 0.480 e. The molecule has 0 fully saturated rings. The van der Waals surface area contributed by atoms with Crippen LogP contribution in [0.4, 0.5) is 5.82 Å². The molecule has 86 valence electrons. The van der Waals surface area contributed by atoms with E-state index in [1.807, 2.05) is 0 Å². The Bertz CT molecular complexity index is 480. The van der Waals surface area contributed by atoms with Crippen molar-refractivity contribution in [3.63, 3.8) is 0 Å². The van der Waals surface area contributed by atoms with Gasteiger partial charge in [0.05, 0.1) is 6.33 Å². The van der Waals surface area contributed by atoms with Gasteiger partial charge in [0, 0.05) is 0 Å². The summed E-state index contributed by atoms with van der Waals surface area (Å²) in [4.78, 5) is 23.9. The molecule has 0 saturated heterocycles. The minimum atomic E-state index is -0.963. The molecule has 16 heavy (non-hydrogen) atoms. The minimum absolute atomic E-state index is 0.433. The van der Waals surface area contributed by atoms with Crippen LogP contribution in [0, 0.1) is 0 Å². The predicted molar refractivity (Wildman–Crippen MR) is 57.4 cm³/mol. The van der Waals surface area contributed by atoms with E-state index in [1.54, 1.807) is 0 Å². The summed E-state index contributed by atoms with van der Waals surface area (Å²) in [6.45, 7) is 1.42. The summed E-state index contributed by atoms with van der Waals surface area (Å²) in [7, 11) is 0. The van der Waals surface area contributed by atoms with Crippen LogP contribution in [0.3, 0.4) is 0 Å². The second-order valence-corrected chi connectivity index (χ2v) is 2.99. The van der Waals surface area contributed by atoms with E-state index in [2.05, 4.69) is 19.9 Å². The number of nitrogens with two attached hydrogens (primary N) is 2. The molecular weight excluding hydrogens is 212 g/mol. The monoisotopic (exact) mass is 224 g/mol. The fraction of sp³-hybridized carbons (Fsp3) is 0.250. The summed E-state index contributed by atoms with van der Waals surface area (Å²) in [5.41, 5.74) is 11.6. The Morgan fingerprint density at radius 2 is 2.12 bits per heavy atom. The van der Waals surface area contributed by atoms with Gasteiger partial charge in [0.15, 0.2) is 11.5 Å². The number of fused-ring (bicyclic) bond motifs is 1. The number of nitrogen functional groups attached to an aromatic ring is 1. The van der Waals surface area contributed by atoms with E-state index >= 15 is 0 Å². The van der Waals surface area contributed by atoms with Crippen LogP contribution >= 0.6 is 0 Å². The highest BCUT2D eigenvalue weighted by molar-refractivity contribution is 5.80. The second kappa shape index (κ2) is 5.03. The summed E-state index contributed by atoms with van der Waals surface area (Å²) in [6, 6.07) is -0.731. The van der Waals surface area contributed by atoms with Crippen LogP contribution in [0.15, 0.2) is 12.7 Å². The van der Waals surface area contributed by atoms with Gasteiger partial charge in [-0.05, 0) is 6.92 Å². The van der Waals surface area contributed by atoms with Gasteiger partial charge in [0.25, 0.3) is 0 Å². The van der Waals surface area contributed by atoms with Crippen molar-refractivity contribution in [1.29, 1.82) is 0 Å². The van der Waals surface area contributed by atoms with Crippen molar-refractivity contribution in [1.82, 2.24) is 19.9 Å². The van der Waals surface area contributed by atoms with Gasteiger partial charge in [0.2, 0.25) is 0 Å². The van der Waals surface area contributed by atoms with Crippen LogP contribution in [-0.2, 0) is 4.79 Å². The normalized spacial score (nSPS) is 11.6. The molecular formula is C8H12N6O2. The highest BCUT2D eigenvalue weighted by Crippen LogP contribution is 2.09. The highest BCUT2D eigenvalue weighted by atomic mass is 16.4. The maximum absolute atomic E-state index is 9.57. The summed E-state index contributed by atoms with van der Waals surface area (Å²) < 4.78 is 0. The maximum Gasteiger partial charge on any atom is 0.320 e. The maximum atomic E-state index is 9.57. The van der Waals surface area contributed by atoms with E-state index in [4.69, 9.17) is 16.6 Å². The smallest absolute Gasteiger partial charge is 0.320 e. The average molecular weight is 224 g/mol. The molecule has 0 radical (unpaired) electrons. The number of nitrogens with one attached hydrogen (secondary N) is 1. The van der Waals surface area contributed by atoms with E-state index in [1.165, 1.54) is 19.6 Å². The van der Waals surface area contributed by atoms with Crippen LogP contribution in [0.25, 0.3) is 11.2 Å². The summed E-state index contributed by atoms with van der Waals surface area (Å²) in [5, 5.41) is 7.87.